The summed E-state index contributed by atoms with van der Waals surface area (Å²) in [4.78, 5) is 21.2. The Morgan fingerprint density at radius 1 is 1.17 bits per heavy atom. The molecular formula is C21H28N4O3S2. The highest BCUT2D eigenvalue weighted by molar-refractivity contribution is 8.00. The summed E-state index contributed by atoms with van der Waals surface area (Å²) in [6, 6.07) is 8.17. The first-order chi connectivity index (χ1) is 14.4. The summed E-state index contributed by atoms with van der Waals surface area (Å²) in [5.74, 6) is -0.144. The molecule has 0 radical (unpaired) electrons. The SMILES string of the molecule is CCC(Sc1cc(C)ncn1)C(=O)Nc1ccc(S(=O)(=O)NC2CCCCC2)cc1. The molecule has 7 nitrogen and oxygen atoms in total. The fourth-order valence-electron chi connectivity index (χ4n) is 3.41. The first kappa shape index (κ1) is 22.7. The van der Waals surface area contributed by atoms with Crippen molar-refractivity contribution in [1.29, 1.82) is 0 Å². The first-order valence-corrected chi connectivity index (χ1v) is 12.6. The number of anilines is 1. The summed E-state index contributed by atoms with van der Waals surface area (Å²) < 4.78 is 28.0. The standard InChI is InChI=1S/C21H28N4O3S2/c1-3-19(29-20-13-15(2)22-14-23-20)21(26)24-16-9-11-18(12-10-16)30(27,28)25-17-7-5-4-6-8-17/h9-14,17,19,25H,3-8H2,1-2H3,(H,24,26). The van der Waals surface area contributed by atoms with E-state index in [9.17, 15) is 13.2 Å². The molecule has 1 heterocycles. The van der Waals surface area contributed by atoms with Crippen molar-refractivity contribution in [3.8, 4) is 0 Å². The van der Waals surface area contributed by atoms with E-state index in [-0.39, 0.29) is 22.1 Å². The predicted molar refractivity (Wildman–Crippen MR) is 119 cm³/mol. The van der Waals surface area contributed by atoms with Crippen molar-refractivity contribution in [2.45, 2.75) is 73.6 Å². The Morgan fingerprint density at radius 2 is 1.87 bits per heavy atom. The third-order valence-electron chi connectivity index (χ3n) is 5.06. The van der Waals surface area contributed by atoms with Gasteiger partial charge in [-0.3, -0.25) is 4.79 Å². The maximum absolute atomic E-state index is 12.7. The van der Waals surface area contributed by atoms with Gasteiger partial charge in [0.25, 0.3) is 0 Å². The molecule has 162 valence electrons. The molecule has 0 spiro atoms. The molecule has 1 saturated carbocycles. The molecule has 0 saturated heterocycles. The number of benzene rings is 1. The van der Waals surface area contributed by atoms with Gasteiger partial charge >= 0.3 is 0 Å². The third kappa shape index (κ3) is 6.26. The van der Waals surface area contributed by atoms with Crippen molar-refractivity contribution < 1.29 is 13.2 Å². The molecule has 0 bridgehead atoms. The second kappa shape index (κ2) is 10.4. The van der Waals surface area contributed by atoms with E-state index in [1.54, 1.807) is 12.1 Å². The van der Waals surface area contributed by atoms with Gasteiger partial charge in [0.1, 0.15) is 11.4 Å². The lowest BCUT2D eigenvalue weighted by atomic mass is 9.96. The van der Waals surface area contributed by atoms with E-state index in [2.05, 4.69) is 20.0 Å². The van der Waals surface area contributed by atoms with Gasteiger partial charge in [-0.05, 0) is 56.5 Å². The Bertz CT molecular complexity index is 958. The molecule has 2 N–H and O–H groups in total. The van der Waals surface area contributed by atoms with Crippen molar-refractivity contribution in [1.82, 2.24) is 14.7 Å². The maximum atomic E-state index is 12.7. The topological polar surface area (TPSA) is 101 Å². The van der Waals surface area contributed by atoms with Gasteiger partial charge in [0.15, 0.2) is 0 Å². The van der Waals surface area contributed by atoms with Crippen LogP contribution in [0.3, 0.4) is 0 Å². The molecule has 1 unspecified atom stereocenters. The molecule has 1 aromatic heterocycles. The summed E-state index contributed by atoms with van der Waals surface area (Å²) in [5.41, 5.74) is 1.41. The molecule has 3 rings (SSSR count). The van der Waals surface area contributed by atoms with Crippen molar-refractivity contribution in [2.24, 2.45) is 0 Å². The van der Waals surface area contributed by atoms with Crippen LogP contribution in [0.5, 0.6) is 0 Å². The highest BCUT2D eigenvalue weighted by Crippen LogP contribution is 2.25. The van der Waals surface area contributed by atoms with Gasteiger partial charge in [-0.1, -0.05) is 37.9 Å². The zero-order chi connectivity index (χ0) is 21.6. The average molecular weight is 449 g/mol. The van der Waals surface area contributed by atoms with E-state index in [4.69, 9.17) is 0 Å². The van der Waals surface area contributed by atoms with E-state index in [1.807, 2.05) is 19.9 Å². The van der Waals surface area contributed by atoms with E-state index in [0.717, 1.165) is 36.4 Å². The Morgan fingerprint density at radius 3 is 2.50 bits per heavy atom. The number of amides is 1. The minimum Gasteiger partial charge on any atom is -0.325 e. The molecule has 1 aliphatic rings. The minimum atomic E-state index is -3.55. The summed E-state index contributed by atoms with van der Waals surface area (Å²) in [6.07, 6.45) is 7.18. The van der Waals surface area contributed by atoms with E-state index in [0.29, 0.717) is 12.1 Å². The number of nitrogens with zero attached hydrogens (tertiary/aromatic N) is 2. The number of hydrogen-bond acceptors (Lipinski definition) is 6. The van der Waals surface area contributed by atoms with E-state index in [1.165, 1.54) is 36.6 Å². The lowest BCUT2D eigenvalue weighted by Gasteiger charge is -2.22. The van der Waals surface area contributed by atoms with Crippen LogP contribution in [0.1, 0.15) is 51.1 Å². The monoisotopic (exact) mass is 448 g/mol. The highest BCUT2D eigenvalue weighted by Gasteiger charge is 2.22. The van der Waals surface area contributed by atoms with Crippen LogP contribution in [0.2, 0.25) is 0 Å². The fourth-order valence-corrected chi connectivity index (χ4v) is 5.69. The quantitative estimate of drug-likeness (QED) is 0.469. The van der Waals surface area contributed by atoms with Gasteiger partial charge in [-0.15, -0.1) is 0 Å². The number of aryl methyl sites for hydroxylation is 1. The van der Waals surface area contributed by atoms with Gasteiger partial charge in [-0.25, -0.2) is 23.1 Å². The van der Waals surface area contributed by atoms with Crippen LogP contribution in [0, 0.1) is 6.92 Å². The lowest BCUT2D eigenvalue weighted by molar-refractivity contribution is -0.115. The fraction of sp³-hybridized carbons (Fsp3) is 0.476. The molecule has 1 aromatic carbocycles. The Kier molecular flexibility index (Phi) is 7.85. The van der Waals surface area contributed by atoms with Crippen molar-refractivity contribution in [3.05, 3.63) is 42.4 Å². The number of carbonyl (C=O) groups is 1. The average Bonchev–Trinajstić information content (AvgIpc) is 2.73. The number of carbonyl (C=O) groups excluding carboxylic acids is 1. The lowest BCUT2D eigenvalue weighted by Crippen LogP contribution is -2.36. The van der Waals surface area contributed by atoms with Crippen LogP contribution in [0.15, 0.2) is 46.6 Å². The van der Waals surface area contributed by atoms with E-state index < -0.39 is 10.0 Å². The predicted octanol–water partition coefficient (Wildman–Crippen LogP) is 3.91. The molecule has 1 atom stereocenters. The van der Waals surface area contributed by atoms with Crippen LogP contribution in [-0.4, -0.2) is 35.6 Å². The number of rotatable bonds is 8. The molecule has 9 heteroatoms. The van der Waals surface area contributed by atoms with Gasteiger partial charge in [0.05, 0.1) is 10.1 Å². The number of sulfonamides is 1. The van der Waals surface area contributed by atoms with Crippen LogP contribution in [0.4, 0.5) is 5.69 Å². The van der Waals surface area contributed by atoms with Crippen molar-refractivity contribution in [2.75, 3.05) is 5.32 Å². The van der Waals surface area contributed by atoms with Gasteiger partial charge < -0.3 is 5.32 Å². The van der Waals surface area contributed by atoms with Gasteiger partial charge in [-0.2, -0.15) is 0 Å². The zero-order valence-corrected chi connectivity index (χ0v) is 18.9. The zero-order valence-electron chi connectivity index (χ0n) is 17.3. The van der Waals surface area contributed by atoms with Crippen LogP contribution >= 0.6 is 11.8 Å². The molecule has 30 heavy (non-hydrogen) atoms. The molecule has 1 amide bonds. The summed E-state index contributed by atoms with van der Waals surface area (Å²) >= 11 is 1.39. The molecule has 1 aliphatic carbocycles. The molecule has 0 aliphatic heterocycles. The summed E-state index contributed by atoms with van der Waals surface area (Å²) in [6.45, 7) is 3.82. The maximum Gasteiger partial charge on any atom is 0.240 e. The molecule has 2 aromatic rings. The first-order valence-electron chi connectivity index (χ1n) is 10.3. The number of aromatic nitrogens is 2. The van der Waals surface area contributed by atoms with Gasteiger partial charge in [0.2, 0.25) is 15.9 Å². The number of thioether (sulfide) groups is 1. The third-order valence-corrected chi connectivity index (χ3v) is 7.90. The van der Waals surface area contributed by atoms with Crippen LogP contribution in [0.25, 0.3) is 0 Å². The molecular weight excluding hydrogens is 420 g/mol. The minimum absolute atomic E-state index is 0.0101. The summed E-state index contributed by atoms with van der Waals surface area (Å²) in [7, 11) is -3.55. The van der Waals surface area contributed by atoms with Crippen LogP contribution < -0.4 is 10.0 Å². The smallest absolute Gasteiger partial charge is 0.240 e. The van der Waals surface area contributed by atoms with Gasteiger partial charge in [0, 0.05) is 17.4 Å². The second-order valence-electron chi connectivity index (χ2n) is 7.48. The van der Waals surface area contributed by atoms with Crippen molar-refractivity contribution in [3.63, 3.8) is 0 Å². The highest BCUT2D eigenvalue weighted by atomic mass is 32.2. The second-order valence-corrected chi connectivity index (χ2v) is 10.4. The van der Waals surface area contributed by atoms with Crippen LogP contribution in [-0.2, 0) is 14.8 Å². The number of hydrogen-bond donors (Lipinski definition) is 2. The van der Waals surface area contributed by atoms with Crippen molar-refractivity contribution >= 4 is 33.4 Å². The Hall–Kier alpha value is -1.97. The largest absolute Gasteiger partial charge is 0.325 e. The summed E-state index contributed by atoms with van der Waals surface area (Å²) in [5, 5.41) is 3.31. The normalized spacial score (nSPS) is 16.2. The molecule has 1 fully saturated rings. The Balaban J connectivity index is 1.61. The number of nitrogens with one attached hydrogen (secondary N) is 2. The van der Waals surface area contributed by atoms with E-state index >= 15 is 0 Å². The Labute approximate surface area is 182 Å².